The van der Waals surface area contributed by atoms with Gasteiger partial charge in [-0.25, -0.2) is 0 Å². The van der Waals surface area contributed by atoms with E-state index in [1.165, 1.54) is 21.8 Å². The molecule has 1 aromatic heterocycles. The smallest absolute Gasteiger partial charge is 0.140 e. The number of hydrogen-bond acceptors (Lipinski definition) is 3. The Morgan fingerprint density at radius 3 is 1.96 bits per heavy atom. The maximum Gasteiger partial charge on any atom is 0.140 e. The van der Waals surface area contributed by atoms with E-state index in [2.05, 4.69) is 131 Å². The average molecular weight is 592 g/mol. The molecule has 0 fully saturated rings. The normalized spacial score (nSPS) is 12.0. The van der Waals surface area contributed by atoms with Crippen molar-refractivity contribution in [1.29, 1.82) is 0 Å². The molecule has 0 saturated carbocycles. The number of phenols is 1. The number of nitrogen functional groups attached to an aromatic ring is 1. The van der Waals surface area contributed by atoms with Gasteiger partial charge in [-0.2, -0.15) is 0 Å². The van der Waals surface area contributed by atoms with E-state index in [4.69, 9.17) is 5.73 Å². The molecule has 7 aromatic carbocycles. The Hall–Kier alpha value is -6.26. The number of aromatic hydroxyl groups is 1. The second-order valence-corrected chi connectivity index (χ2v) is 11.8. The Bertz CT molecular complexity index is 2460. The Labute approximate surface area is 266 Å². The van der Waals surface area contributed by atoms with E-state index >= 15 is 0 Å². The summed E-state index contributed by atoms with van der Waals surface area (Å²) >= 11 is 0. The van der Waals surface area contributed by atoms with Gasteiger partial charge in [0.1, 0.15) is 5.75 Å². The quantitative estimate of drug-likeness (QED) is 0.201. The van der Waals surface area contributed by atoms with Crippen LogP contribution in [0.5, 0.6) is 5.75 Å². The van der Waals surface area contributed by atoms with Crippen LogP contribution in [0.15, 0.2) is 158 Å². The highest BCUT2D eigenvalue weighted by atomic mass is 16.3. The van der Waals surface area contributed by atoms with Gasteiger partial charge in [0.05, 0.1) is 33.8 Å². The molecule has 0 saturated heterocycles. The van der Waals surface area contributed by atoms with E-state index in [-0.39, 0.29) is 5.75 Å². The first kappa shape index (κ1) is 26.2. The maximum absolute atomic E-state index is 11.4. The van der Waals surface area contributed by atoms with Gasteiger partial charge in [0, 0.05) is 27.6 Å². The minimum atomic E-state index is 0.202. The van der Waals surface area contributed by atoms with Gasteiger partial charge in [-0.3, -0.25) is 0 Å². The summed E-state index contributed by atoms with van der Waals surface area (Å²) < 4.78 is 2.34. The number of aromatic nitrogens is 1. The second kappa shape index (κ2) is 10.1. The van der Waals surface area contributed by atoms with Crippen molar-refractivity contribution in [1.82, 2.24) is 4.57 Å². The van der Waals surface area contributed by atoms with Crippen LogP contribution >= 0.6 is 0 Å². The van der Waals surface area contributed by atoms with Gasteiger partial charge in [0.25, 0.3) is 0 Å². The fraction of sp³-hybridized carbons (Fsp3) is 0. The van der Waals surface area contributed by atoms with Crippen LogP contribution in [0.4, 0.5) is 22.7 Å². The predicted molar refractivity (Wildman–Crippen MR) is 191 cm³/mol. The summed E-state index contributed by atoms with van der Waals surface area (Å²) in [5.74, 6) is 0.202. The molecule has 0 atom stereocenters. The van der Waals surface area contributed by atoms with E-state index < -0.39 is 0 Å². The van der Waals surface area contributed by atoms with Crippen molar-refractivity contribution in [2.24, 2.45) is 0 Å². The summed E-state index contributed by atoms with van der Waals surface area (Å²) in [6.45, 7) is 0. The van der Waals surface area contributed by atoms with E-state index in [0.29, 0.717) is 5.69 Å². The average Bonchev–Trinajstić information content (AvgIpc) is 3.37. The topological polar surface area (TPSA) is 54.4 Å². The van der Waals surface area contributed by atoms with Gasteiger partial charge in [-0.1, -0.05) is 97.1 Å². The van der Waals surface area contributed by atoms with E-state index in [0.717, 1.165) is 56.1 Å². The molecule has 1 aliphatic rings. The van der Waals surface area contributed by atoms with Crippen LogP contribution in [-0.4, -0.2) is 9.67 Å². The van der Waals surface area contributed by atoms with Crippen molar-refractivity contribution in [2.75, 3.05) is 10.6 Å². The third-order valence-electron chi connectivity index (χ3n) is 9.18. The highest BCUT2D eigenvalue weighted by molar-refractivity contribution is 6.11. The SMILES string of the molecule is Nc1ccccc1N1c2ccc(-c3ccc4c(c3)c3ccccc3n4-c3ccccc3)cc2-c2ccccc2-c2cccc(O)c21. The molecule has 2 heterocycles. The maximum atomic E-state index is 11.4. The Kier molecular flexibility index (Phi) is 5.77. The molecule has 8 aromatic rings. The van der Waals surface area contributed by atoms with E-state index in [1.54, 1.807) is 6.07 Å². The molecule has 46 heavy (non-hydrogen) atoms. The zero-order chi connectivity index (χ0) is 30.8. The van der Waals surface area contributed by atoms with Crippen molar-refractivity contribution < 1.29 is 5.11 Å². The van der Waals surface area contributed by atoms with Gasteiger partial charge in [0.15, 0.2) is 0 Å². The van der Waals surface area contributed by atoms with Crippen molar-refractivity contribution in [3.63, 3.8) is 0 Å². The van der Waals surface area contributed by atoms with Crippen LogP contribution in [0.25, 0.3) is 60.9 Å². The first-order valence-electron chi connectivity index (χ1n) is 15.5. The summed E-state index contributed by atoms with van der Waals surface area (Å²) in [6.07, 6.45) is 0. The van der Waals surface area contributed by atoms with Gasteiger partial charge >= 0.3 is 0 Å². The molecule has 0 spiro atoms. The molecule has 0 radical (unpaired) electrons. The number of nitrogens with zero attached hydrogens (tertiary/aromatic N) is 2. The van der Waals surface area contributed by atoms with Gasteiger partial charge in [0.2, 0.25) is 0 Å². The number of anilines is 4. The first-order valence-corrected chi connectivity index (χ1v) is 15.5. The lowest BCUT2D eigenvalue weighted by Gasteiger charge is -2.29. The van der Waals surface area contributed by atoms with Crippen LogP contribution in [0.2, 0.25) is 0 Å². The summed E-state index contributed by atoms with van der Waals surface area (Å²) in [5.41, 5.74) is 19.7. The summed E-state index contributed by atoms with van der Waals surface area (Å²) in [5, 5.41) is 13.8. The number of benzene rings is 7. The summed E-state index contributed by atoms with van der Waals surface area (Å²) in [7, 11) is 0. The molecule has 0 unspecified atom stereocenters. The standard InChI is InChI=1S/C42H29N3O/c43-36-17-7-9-19-40(36)45-39-24-22-27(25-34(39)31-14-5-4-13-30(31)33-16-10-20-41(46)42(33)45)28-21-23-38-35(26-28)32-15-6-8-18-37(32)44(38)29-11-2-1-3-12-29/h1-26,46H,43H2. The van der Waals surface area contributed by atoms with Crippen molar-refractivity contribution in [2.45, 2.75) is 0 Å². The van der Waals surface area contributed by atoms with Crippen molar-refractivity contribution >= 4 is 44.6 Å². The Balaban J connectivity index is 1.30. The molecule has 3 N–H and O–H groups in total. The predicted octanol–water partition coefficient (Wildman–Crippen LogP) is 10.9. The van der Waals surface area contributed by atoms with Gasteiger partial charge in [-0.15, -0.1) is 0 Å². The molecular formula is C42H29N3O. The monoisotopic (exact) mass is 591 g/mol. The third kappa shape index (κ3) is 3.87. The van der Waals surface area contributed by atoms with Crippen LogP contribution in [0, 0.1) is 0 Å². The lowest BCUT2D eigenvalue weighted by Crippen LogP contribution is -2.13. The Morgan fingerprint density at radius 2 is 1.11 bits per heavy atom. The highest BCUT2D eigenvalue weighted by Gasteiger charge is 2.29. The molecule has 1 aliphatic heterocycles. The molecule has 0 bridgehead atoms. The van der Waals surface area contributed by atoms with Gasteiger partial charge < -0.3 is 20.3 Å². The molecule has 0 aliphatic carbocycles. The number of rotatable bonds is 3. The highest BCUT2D eigenvalue weighted by Crippen LogP contribution is 2.55. The molecule has 0 amide bonds. The van der Waals surface area contributed by atoms with E-state index in [1.807, 2.05) is 30.3 Å². The molecular weight excluding hydrogens is 562 g/mol. The minimum absolute atomic E-state index is 0.202. The molecule has 4 heteroatoms. The molecule has 9 rings (SSSR count). The fourth-order valence-corrected chi connectivity index (χ4v) is 7.13. The lowest BCUT2D eigenvalue weighted by atomic mass is 9.92. The van der Waals surface area contributed by atoms with E-state index in [9.17, 15) is 5.11 Å². The van der Waals surface area contributed by atoms with Crippen LogP contribution in [0.3, 0.4) is 0 Å². The summed E-state index contributed by atoms with van der Waals surface area (Å²) in [4.78, 5) is 2.11. The second-order valence-electron chi connectivity index (χ2n) is 11.8. The zero-order valence-corrected chi connectivity index (χ0v) is 24.9. The third-order valence-corrected chi connectivity index (χ3v) is 9.18. The van der Waals surface area contributed by atoms with Gasteiger partial charge in [-0.05, 0) is 82.9 Å². The number of nitrogens with two attached hydrogens (primary N) is 1. The molecule has 218 valence electrons. The van der Waals surface area contributed by atoms with Crippen LogP contribution in [-0.2, 0) is 0 Å². The number of fused-ring (bicyclic) bond motifs is 8. The fourth-order valence-electron chi connectivity index (χ4n) is 7.13. The summed E-state index contributed by atoms with van der Waals surface area (Å²) in [6, 6.07) is 54.5. The molecule has 4 nitrogen and oxygen atoms in total. The number of para-hydroxylation sites is 5. The first-order chi connectivity index (χ1) is 22.7. The van der Waals surface area contributed by atoms with Crippen molar-refractivity contribution in [3.05, 3.63) is 158 Å². The number of hydrogen-bond donors (Lipinski definition) is 2. The lowest BCUT2D eigenvalue weighted by molar-refractivity contribution is 0.477. The van der Waals surface area contributed by atoms with Crippen LogP contribution < -0.4 is 10.6 Å². The minimum Gasteiger partial charge on any atom is -0.506 e. The largest absolute Gasteiger partial charge is 0.506 e. The van der Waals surface area contributed by atoms with Crippen molar-refractivity contribution in [3.8, 4) is 44.8 Å². The zero-order valence-electron chi connectivity index (χ0n) is 24.9. The number of phenolic OH excluding ortho intramolecular Hbond substituents is 1. The van der Waals surface area contributed by atoms with Crippen LogP contribution in [0.1, 0.15) is 0 Å². The Morgan fingerprint density at radius 1 is 0.457 bits per heavy atom.